The molecule has 2 rings (SSSR count). The Morgan fingerprint density at radius 3 is 2.42 bits per heavy atom. The second-order valence-electron chi connectivity index (χ2n) is 5.80. The van der Waals surface area contributed by atoms with Crippen LogP contribution in [0, 0.1) is 6.92 Å². The van der Waals surface area contributed by atoms with E-state index >= 15 is 0 Å². The third-order valence-electron chi connectivity index (χ3n) is 3.93. The lowest BCUT2D eigenvalue weighted by atomic mass is 10.1. The molecule has 0 fully saturated rings. The fourth-order valence-electron chi connectivity index (χ4n) is 2.51. The van der Waals surface area contributed by atoms with Gasteiger partial charge in [0, 0.05) is 5.56 Å². The van der Waals surface area contributed by atoms with Crippen molar-refractivity contribution in [2.45, 2.75) is 39.3 Å². The van der Waals surface area contributed by atoms with Crippen LogP contribution in [0.25, 0.3) is 0 Å². The third kappa shape index (κ3) is 4.51. The number of ether oxygens (including phenoxy) is 2. The van der Waals surface area contributed by atoms with Gasteiger partial charge in [0.1, 0.15) is 11.5 Å². The summed E-state index contributed by atoms with van der Waals surface area (Å²) in [6, 6.07) is 15.2. The number of carbonyl (C=O) groups is 1. The van der Waals surface area contributed by atoms with Crippen LogP contribution < -0.4 is 14.8 Å². The Morgan fingerprint density at radius 2 is 1.79 bits per heavy atom. The van der Waals surface area contributed by atoms with Gasteiger partial charge in [0.25, 0.3) is 5.91 Å². The highest BCUT2D eigenvalue weighted by Gasteiger charge is 2.21. The summed E-state index contributed by atoms with van der Waals surface area (Å²) in [5.74, 6) is 1.34. The van der Waals surface area contributed by atoms with Gasteiger partial charge in [-0.2, -0.15) is 0 Å². The van der Waals surface area contributed by atoms with Gasteiger partial charge in [-0.25, -0.2) is 0 Å². The Morgan fingerprint density at radius 1 is 1.12 bits per heavy atom. The first-order valence-corrected chi connectivity index (χ1v) is 8.21. The molecule has 1 amide bonds. The predicted octanol–water partition coefficient (Wildman–Crippen LogP) is 4.04. The summed E-state index contributed by atoms with van der Waals surface area (Å²) >= 11 is 0. The number of amides is 1. The summed E-state index contributed by atoms with van der Waals surface area (Å²) in [7, 11) is 1.63. The summed E-state index contributed by atoms with van der Waals surface area (Å²) in [4.78, 5) is 12.6. The van der Waals surface area contributed by atoms with E-state index in [0.29, 0.717) is 12.2 Å². The smallest absolute Gasteiger partial charge is 0.261 e. The first-order chi connectivity index (χ1) is 11.5. The highest BCUT2D eigenvalue weighted by Crippen LogP contribution is 2.24. The molecule has 0 saturated carbocycles. The second kappa shape index (κ2) is 8.39. The highest BCUT2D eigenvalue weighted by molar-refractivity contribution is 5.81. The molecule has 0 radical (unpaired) electrons. The number of hydrogen-bond donors (Lipinski definition) is 1. The lowest BCUT2D eigenvalue weighted by molar-refractivity contribution is -0.128. The SMILES string of the molecule is CC[C@H](Oc1ccc(C)cc1)C(=O)N[C@@H](C)c1ccccc1OC. The molecule has 0 heterocycles. The summed E-state index contributed by atoms with van der Waals surface area (Å²) in [5.41, 5.74) is 2.10. The van der Waals surface area contributed by atoms with E-state index in [9.17, 15) is 4.79 Å². The Hall–Kier alpha value is -2.49. The number of carbonyl (C=O) groups excluding carboxylic acids is 1. The maximum absolute atomic E-state index is 12.6. The quantitative estimate of drug-likeness (QED) is 0.835. The molecule has 0 unspecified atom stereocenters. The first kappa shape index (κ1) is 17.9. The number of benzene rings is 2. The van der Waals surface area contributed by atoms with E-state index in [4.69, 9.17) is 9.47 Å². The number of para-hydroxylation sites is 1. The van der Waals surface area contributed by atoms with Crippen LogP contribution in [0.4, 0.5) is 0 Å². The van der Waals surface area contributed by atoms with Gasteiger partial charge in [-0.1, -0.05) is 42.8 Å². The summed E-state index contributed by atoms with van der Waals surface area (Å²) in [6.45, 7) is 5.89. The second-order valence-corrected chi connectivity index (χ2v) is 5.80. The van der Waals surface area contributed by atoms with Gasteiger partial charge in [0.2, 0.25) is 0 Å². The number of nitrogens with one attached hydrogen (secondary N) is 1. The topological polar surface area (TPSA) is 47.6 Å². The molecule has 0 bridgehead atoms. The first-order valence-electron chi connectivity index (χ1n) is 8.21. The van der Waals surface area contributed by atoms with E-state index < -0.39 is 6.10 Å². The molecule has 0 aliphatic heterocycles. The maximum Gasteiger partial charge on any atom is 0.261 e. The zero-order valence-corrected chi connectivity index (χ0v) is 14.7. The van der Waals surface area contributed by atoms with Crippen molar-refractivity contribution < 1.29 is 14.3 Å². The number of aryl methyl sites for hydroxylation is 1. The van der Waals surface area contributed by atoms with Gasteiger partial charge < -0.3 is 14.8 Å². The van der Waals surface area contributed by atoms with Gasteiger partial charge in [-0.3, -0.25) is 4.79 Å². The molecular weight excluding hydrogens is 302 g/mol. The molecule has 4 heteroatoms. The van der Waals surface area contributed by atoms with Crippen molar-refractivity contribution in [1.29, 1.82) is 0 Å². The molecular formula is C20H25NO3. The Labute approximate surface area is 143 Å². The average Bonchev–Trinajstić information content (AvgIpc) is 2.60. The Bertz CT molecular complexity index is 667. The van der Waals surface area contributed by atoms with Gasteiger partial charge in [0.05, 0.1) is 13.2 Å². The van der Waals surface area contributed by atoms with Crippen LogP contribution in [0.5, 0.6) is 11.5 Å². The molecule has 4 nitrogen and oxygen atoms in total. The van der Waals surface area contributed by atoms with Gasteiger partial charge >= 0.3 is 0 Å². The number of methoxy groups -OCH3 is 1. The van der Waals surface area contributed by atoms with Crippen LogP contribution in [0.3, 0.4) is 0 Å². The molecule has 128 valence electrons. The van der Waals surface area contributed by atoms with Crippen molar-refractivity contribution >= 4 is 5.91 Å². The molecule has 0 aliphatic carbocycles. The van der Waals surface area contributed by atoms with Crippen LogP contribution >= 0.6 is 0 Å². The van der Waals surface area contributed by atoms with E-state index in [1.165, 1.54) is 0 Å². The van der Waals surface area contributed by atoms with Crippen LogP contribution in [0.1, 0.15) is 37.4 Å². The van der Waals surface area contributed by atoms with E-state index in [0.717, 1.165) is 16.9 Å². The molecule has 0 saturated heterocycles. The lowest BCUT2D eigenvalue weighted by Crippen LogP contribution is -2.39. The zero-order chi connectivity index (χ0) is 17.5. The summed E-state index contributed by atoms with van der Waals surface area (Å²) in [5, 5.41) is 3.01. The molecule has 24 heavy (non-hydrogen) atoms. The Kier molecular flexibility index (Phi) is 6.24. The van der Waals surface area contributed by atoms with Crippen molar-refractivity contribution in [2.24, 2.45) is 0 Å². The van der Waals surface area contributed by atoms with E-state index in [2.05, 4.69) is 5.32 Å². The number of hydrogen-bond acceptors (Lipinski definition) is 3. The summed E-state index contributed by atoms with van der Waals surface area (Å²) < 4.78 is 11.2. The van der Waals surface area contributed by atoms with Gasteiger partial charge in [-0.15, -0.1) is 0 Å². The molecule has 1 N–H and O–H groups in total. The monoisotopic (exact) mass is 327 g/mol. The van der Waals surface area contributed by atoms with Crippen LogP contribution in [-0.2, 0) is 4.79 Å². The fraction of sp³-hybridized carbons (Fsp3) is 0.350. The summed E-state index contributed by atoms with van der Waals surface area (Å²) in [6.07, 6.45) is 0.0723. The Balaban J connectivity index is 2.04. The third-order valence-corrected chi connectivity index (χ3v) is 3.93. The van der Waals surface area contributed by atoms with Gasteiger partial charge in [-0.05, 0) is 38.5 Å². The molecule has 0 aliphatic rings. The lowest BCUT2D eigenvalue weighted by Gasteiger charge is -2.22. The standard InChI is InChI=1S/C20H25NO3/c1-5-18(24-16-12-10-14(2)11-13-16)20(22)21-15(3)17-8-6-7-9-19(17)23-4/h6-13,15,18H,5H2,1-4H3,(H,21,22)/t15-,18-/m0/s1. The van der Waals surface area contributed by atoms with Crippen molar-refractivity contribution in [1.82, 2.24) is 5.32 Å². The minimum atomic E-state index is -0.523. The van der Waals surface area contributed by atoms with Crippen LogP contribution in [0.2, 0.25) is 0 Å². The number of rotatable bonds is 7. The van der Waals surface area contributed by atoms with Crippen LogP contribution in [0.15, 0.2) is 48.5 Å². The van der Waals surface area contributed by atoms with Crippen LogP contribution in [-0.4, -0.2) is 19.1 Å². The molecule has 2 aromatic carbocycles. The minimum absolute atomic E-state index is 0.128. The highest BCUT2D eigenvalue weighted by atomic mass is 16.5. The maximum atomic E-state index is 12.6. The largest absolute Gasteiger partial charge is 0.496 e. The fourth-order valence-corrected chi connectivity index (χ4v) is 2.51. The molecule has 0 spiro atoms. The molecule has 2 atom stereocenters. The van der Waals surface area contributed by atoms with E-state index in [-0.39, 0.29) is 11.9 Å². The molecule has 0 aromatic heterocycles. The van der Waals surface area contributed by atoms with E-state index in [1.807, 2.05) is 69.3 Å². The van der Waals surface area contributed by atoms with Crippen molar-refractivity contribution in [2.75, 3.05) is 7.11 Å². The van der Waals surface area contributed by atoms with Gasteiger partial charge in [0.15, 0.2) is 6.10 Å². The van der Waals surface area contributed by atoms with Crippen molar-refractivity contribution in [3.8, 4) is 11.5 Å². The predicted molar refractivity (Wildman–Crippen MR) is 95.4 cm³/mol. The minimum Gasteiger partial charge on any atom is -0.496 e. The van der Waals surface area contributed by atoms with E-state index in [1.54, 1.807) is 7.11 Å². The average molecular weight is 327 g/mol. The van der Waals surface area contributed by atoms with Crippen molar-refractivity contribution in [3.63, 3.8) is 0 Å². The van der Waals surface area contributed by atoms with Crippen molar-refractivity contribution in [3.05, 3.63) is 59.7 Å². The normalized spacial score (nSPS) is 13.0. The molecule has 2 aromatic rings. The zero-order valence-electron chi connectivity index (χ0n) is 14.7.